The smallest absolute Gasteiger partial charge is 0.312 e. The molecule has 4 aliphatic carbocycles. The molecule has 2 N–H and O–H groups in total. The lowest BCUT2D eigenvalue weighted by molar-refractivity contribution is -0.201. The van der Waals surface area contributed by atoms with Gasteiger partial charge in [0.05, 0.1) is 24.0 Å². The van der Waals surface area contributed by atoms with E-state index in [2.05, 4.69) is 0 Å². The number of hydrogen-bond donors (Lipinski definition) is 2. The summed E-state index contributed by atoms with van der Waals surface area (Å²) < 4.78 is 17.0. The zero-order valence-corrected chi connectivity index (χ0v) is 15.2. The Kier molecular flexibility index (Phi) is 4.32. The SMILES string of the molecule is CC1(CCC(=O)O)OCC(COC(=O)C23CC4CC(CC(O)(C4)C2)C3)O1. The number of aliphatic hydroxyl groups is 1. The number of hydrogen-bond acceptors (Lipinski definition) is 6. The molecule has 4 unspecified atom stereocenters. The van der Waals surface area contributed by atoms with Gasteiger partial charge in [0.1, 0.15) is 12.7 Å². The number of rotatable bonds is 6. The fourth-order valence-corrected chi connectivity index (χ4v) is 6.01. The minimum Gasteiger partial charge on any atom is -0.481 e. The van der Waals surface area contributed by atoms with Crippen LogP contribution in [0.2, 0.25) is 0 Å². The number of carboxylic acids is 1. The van der Waals surface area contributed by atoms with Gasteiger partial charge in [0.25, 0.3) is 0 Å². The van der Waals surface area contributed by atoms with E-state index in [1.165, 1.54) is 0 Å². The van der Waals surface area contributed by atoms with Crippen LogP contribution in [0.4, 0.5) is 0 Å². The van der Waals surface area contributed by atoms with Crippen molar-refractivity contribution in [3.63, 3.8) is 0 Å². The summed E-state index contributed by atoms with van der Waals surface area (Å²) in [6.07, 6.45) is 4.77. The van der Waals surface area contributed by atoms with E-state index in [0.29, 0.717) is 18.3 Å². The van der Waals surface area contributed by atoms with Crippen molar-refractivity contribution in [2.75, 3.05) is 13.2 Å². The van der Waals surface area contributed by atoms with Gasteiger partial charge in [0, 0.05) is 6.42 Å². The molecule has 1 heterocycles. The summed E-state index contributed by atoms with van der Waals surface area (Å²) >= 11 is 0. The van der Waals surface area contributed by atoms with Crippen LogP contribution >= 0.6 is 0 Å². The Morgan fingerprint density at radius 2 is 1.88 bits per heavy atom. The first kappa shape index (κ1) is 18.2. The van der Waals surface area contributed by atoms with Crippen LogP contribution in [0, 0.1) is 17.3 Å². The van der Waals surface area contributed by atoms with Crippen molar-refractivity contribution < 1.29 is 34.0 Å². The van der Waals surface area contributed by atoms with Crippen molar-refractivity contribution in [1.82, 2.24) is 0 Å². The van der Waals surface area contributed by atoms with Crippen molar-refractivity contribution in [3.05, 3.63) is 0 Å². The highest BCUT2D eigenvalue weighted by Gasteiger charge is 2.61. The molecule has 7 nitrogen and oxygen atoms in total. The van der Waals surface area contributed by atoms with Gasteiger partial charge >= 0.3 is 11.9 Å². The highest BCUT2D eigenvalue weighted by atomic mass is 16.7. The molecule has 1 aliphatic heterocycles. The van der Waals surface area contributed by atoms with Gasteiger partial charge in [-0.3, -0.25) is 9.59 Å². The second-order valence-electron chi connectivity index (χ2n) is 9.14. The molecule has 4 atom stereocenters. The third-order valence-electron chi connectivity index (χ3n) is 6.65. The number of carbonyl (C=O) groups is 2. The number of esters is 1. The second kappa shape index (κ2) is 6.17. The molecule has 5 fully saturated rings. The zero-order valence-electron chi connectivity index (χ0n) is 15.2. The quantitative estimate of drug-likeness (QED) is 0.690. The standard InChI is InChI=1S/C19H28O7/c1-17(3-2-15(20)21)25-10-14(26-17)9-24-16(22)18-5-12-4-13(6-18)8-19(23,7-12)11-18/h12-14,23H,2-11H2,1H3,(H,20,21). The van der Waals surface area contributed by atoms with Crippen LogP contribution in [0.5, 0.6) is 0 Å². The van der Waals surface area contributed by atoms with Gasteiger partial charge in [0.2, 0.25) is 0 Å². The van der Waals surface area contributed by atoms with Crippen molar-refractivity contribution in [3.8, 4) is 0 Å². The lowest BCUT2D eigenvalue weighted by Gasteiger charge is -2.58. The summed E-state index contributed by atoms with van der Waals surface area (Å²) in [6.45, 7) is 2.11. The third kappa shape index (κ3) is 3.37. The molecule has 0 spiro atoms. The largest absolute Gasteiger partial charge is 0.481 e. The molecule has 0 aromatic rings. The maximum Gasteiger partial charge on any atom is 0.312 e. The monoisotopic (exact) mass is 368 g/mol. The minimum atomic E-state index is -0.939. The Balaban J connectivity index is 1.32. The molecule has 4 bridgehead atoms. The molecule has 7 heteroatoms. The normalized spacial score (nSPS) is 46.5. The van der Waals surface area contributed by atoms with Crippen molar-refractivity contribution >= 4 is 11.9 Å². The lowest BCUT2D eigenvalue weighted by Crippen LogP contribution is -2.58. The first-order chi connectivity index (χ1) is 12.2. The van der Waals surface area contributed by atoms with Crippen molar-refractivity contribution in [2.24, 2.45) is 17.3 Å². The van der Waals surface area contributed by atoms with E-state index in [-0.39, 0.29) is 38.1 Å². The van der Waals surface area contributed by atoms with E-state index in [4.69, 9.17) is 19.3 Å². The van der Waals surface area contributed by atoms with Gasteiger partial charge in [-0.2, -0.15) is 0 Å². The van der Waals surface area contributed by atoms with Crippen LogP contribution < -0.4 is 0 Å². The molecule has 0 aromatic heterocycles. The molecule has 0 radical (unpaired) electrons. The predicted molar refractivity (Wildman–Crippen MR) is 89.1 cm³/mol. The number of carboxylic acid groups (broad SMARTS) is 1. The average molecular weight is 368 g/mol. The first-order valence-corrected chi connectivity index (χ1v) is 9.63. The van der Waals surface area contributed by atoms with Crippen LogP contribution in [-0.4, -0.2) is 52.9 Å². The summed E-state index contributed by atoms with van der Waals surface area (Å²) in [6, 6.07) is 0. The molecule has 0 aromatic carbocycles. The molecule has 26 heavy (non-hydrogen) atoms. The van der Waals surface area contributed by atoms with E-state index >= 15 is 0 Å². The topological polar surface area (TPSA) is 102 Å². The second-order valence-corrected chi connectivity index (χ2v) is 9.14. The summed E-state index contributed by atoms with van der Waals surface area (Å²) in [5.41, 5.74) is -1.23. The van der Waals surface area contributed by atoms with E-state index in [1.54, 1.807) is 6.92 Å². The van der Waals surface area contributed by atoms with Crippen LogP contribution in [0.25, 0.3) is 0 Å². The molecule has 146 valence electrons. The Hall–Kier alpha value is -1.18. The van der Waals surface area contributed by atoms with E-state index in [1.807, 2.05) is 0 Å². The Labute approximate surface area is 153 Å². The van der Waals surface area contributed by atoms with Crippen LogP contribution in [0.15, 0.2) is 0 Å². The molecule has 5 aliphatic rings. The fraction of sp³-hybridized carbons (Fsp3) is 0.895. The Morgan fingerprint density at radius 1 is 1.19 bits per heavy atom. The predicted octanol–water partition coefficient (Wildman–Crippen LogP) is 1.86. The molecule has 4 saturated carbocycles. The molecular weight excluding hydrogens is 340 g/mol. The molecule has 5 rings (SSSR count). The van der Waals surface area contributed by atoms with E-state index in [9.17, 15) is 14.7 Å². The molecule has 1 saturated heterocycles. The van der Waals surface area contributed by atoms with Crippen molar-refractivity contribution in [2.45, 2.75) is 75.8 Å². The number of carbonyl (C=O) groups excluding carboxylic acids is 1. The van der Waals surface area contributed by atoms with E-state index in [0.717, 1.165) is 32.1 Å². The summed E-state index contributed by atoms with van der Waals surface area (Å²) in [4.78, 5) is 23.6. The summed E-state index contributed by atoms with van der Waals surface area (Å²) in [5, 5.41) is 19.6. The van der Waals surface area contributed by atoms with Crippen LogP contribution in [-0.2, 0) is 23.8 Å². The maximum atomic E-state index is 12.9. The van der Waals surface area contributed by atoms with Crippen LogP contribution in [0.3, 0.4) is 0 Å². The number of aliphatic carboxylic acids is 1. The third-order valence-corrected chi connectivity index (χ3v) is 6.65. The summed E-state index contributed by atoms with van der Waals surface area (Å²) in [7, 11) is 0. The Morgan fingerprint density at radius 3 is 2.50 bits per heavy atom. The molecular formula is C19H28O7. The van der Waals surface area contributed by atoms with Gasteiger partial charge in [-0.05, 0) is 57.3 Å². The van der Waals surface area contributed by atoms with Crippen molar-refractivity contribution in [1.29, 1.82) is 0 Å². The van der Waals surface area contributed by atoms with Gasteiger partial charge < -0.3 is 24.4 Å². The van der Waals surface area contributed by atoms with Gasteiger partial charge in [0.15, 0.2) is 5.79 Å². The Bertz CT molecular complexity index is 589. The maximum absolute atomic E-state index is 12.9. The average Bonchev–Trinajstić information content (AvgIpc) is 2.90. The highest BCUT2D eigenvalue weighted by molar-refractivity contribution is 5.77. The van der Waals surface area contributed by atoms with Gasteiger partial charge in [-0.1, -0.05) is 0 Å². The fourth-order valence-electron chi connectivity index (χ4n) is 6.01. The molecule has 0 amide bonds. The minimum absolute atomic E-state index is 0.0342. The first-order valence-electron chi connectivity index (χ1n) is 9.63. The van der Waals surface area contributed by atoms with Gasteiger partial charge in [-0.15, -0.1) is 0 Å². The highest BCUT2D eigenvalue weighted by Crippen LogP contribution is 2.62. The van der Waals surface area contributed by atoms with E-state index < -0.39 is 22.8 Å². The van der Waals surface area contributed by atoms with Crippen LogP contribution in [0.1, 0.15) is 58.3 Å². The zero-order chi connectivity index (χ0) is 18.6. The lowest BCUT2D eigenvalue weighted by atomic mass is 9.48. The van der Waals surface area contributed by atoms with Gasteiger partial charge in [-0.25, -0.2) is 0 Å². The summed E-state index contributed by atoms with van der Waals surface area (Å²) in [5.74, 6) is -1.19. The number of ether oxygens (including phenoxy) is 3.